The van der Waals surface area contributed by atoms with E-state index >= 15 is 0 Å². The molecule has 3 rings (SSSR count). The third kappa shape index (κ3) is 3.68. The number of anilines is 2. The molecule has 0 aromatic heterocycles. The Morgan fingerprint density at radius 1 is 0.960 bits per heavy atom. The quantitative estimate of drug-likeness (QED) is 0.886. The average molecular weight is 344 g/mol. The Kier molecular flexibility index (Phi) is 4.53. The molecule has 6 heteroatoms. The lowest BCUT2D eigenvalue weighted by Gasteiger charge is -2.09. The van der Waals surface area contributed by atoms with Crippen molar-refractivity contribution >= 4 is 23.2 Å². The van der Waals surface area contributed by atoms with Gasteiger partial charge in [-0.25, -0.2) is 8.78 Å². The van der Waals surface area contributed by atoms with Gasteiger partial charge in [0.2, 0.25) is 11.8 Å². The molecule has 2 atom stereocenters. The number of amides is 2. The molecule has 0 aliphatic heterocycles. The van der Waals surface area contributed by atoms with Crippen molar-refractivity contribution in [3.8, 4) is 0 Å². The first-order valence-corrected chi connectivity index (χ1v) is 8.00. The summed E-state index contributed by atoms with van der Waals surface area (Å²) >= 11 is 0. The molecule has 130 valence electrons. The van der Waals surface area contributed by atoms with Gasteiger partial charge in [-0.1, -0.05) is 23.8 Å². The Bertz CT molecular complexity index is 831. The van der Waals surface area contributed by atoms with Crippen LogP contribution in [-0.4, -0.2) is 11.8 Å². The summed E-state index contributed by atoms with van der Waals surface area (Å²) in [4.78, 5) is 24.4. The molecule has 1 aliphatic rings. The van der Waals surface area contributed by atoms with Crippen molar-refractivity contribution in [3.63, 3.8) is 0 Å². The number of benzene rings is 2. The van der Waals surface area contributed by atoms with E-state index < -0.39 is 35.1 Å². The minimum atomic E-state index is -0.842. The van der Waals surface area contributed by atoms with Gasteiger partial charge in [0.1, 0.15) is 17.3 Å². The van der Waals surface area contributed by atoms with E-state index in [0.29, 0.717) is 12.1 Å². The number of rotatable bonds is 4. The van der Waals surface area contributed by atoms with Crippen LogP contribution in [0.15, 0.2) is 36.4 Å². The highest BCUT2D eigenvalue weighted by Crippen LogP contribution is 2.40. The smallest absolute Gasteiger partial charge is 0.228 e. The van der Waals surface area contributed by atoms with Gasteiger partial charge < -0.3 is 10.6 Å². The second kappa shape index (κ2) is 6.63. The third-order valence-corrected chi connectivity index (χ3v) is 4.31. The number of hydrogen-bond acceptors (Lipinski definition) is 2. The molecule has 2 unspecified atom stereocenters. The maximum Gasteiger partial charge on any atom is 0.228 e. The van der Waals surface area contributed by atoms with Crippen LogP contribution in [0.5, 0.6) is 0 Å². The maximum atomic E-state index is 13.6. The predicted octanol–water partition coefficient (Wildman–Crippen LogP) is 3.79. The van der Waals surface area contributed by atoms with E-state index in [4.69, 9.17) is 0 Å². The van der Waals surface area contributed by atoms with Gasteiger partial charge in [-0.15, -0.1) is 0 Å². The number of carbonyl (C=O) groups excluding carboxylic acids is 2. The van der Waals surface area contributed by atoms with Crippen molar-refractivity contribution in [1.82, 2.24) is 0 Å². The molecular weight excluding hydrogens is 326 g/mol. The number of nitrogens with one attached hydrogen (secondary N) is 2. The van der Waals surface area contributed by atoms with Crippen LogP contribution in [0.4, 0.5) is 20.2 Å². The Morgan fingerprint density at radius 3 is 2.16 bits per heavy atom. The van der Waals surface area contributed by atoms with E-state index in [2.05, 4.69) is 10.6 Å². The van der Waals surface area contributed by atoms with E-state index in [1.165, 1.54) is 6.07 Å². The van der Waals surface area contributed by atoms with Crippen molar-refractivity contribution in [2.24, 2.45) is 11.8 Å². The number of carbonyl (C=O) groups is 2. The van der Waals surface area contributed by atoms with Gasteiger partial charge in [0.25, 0.3) is 0 Å². The fourth-order valence-corrected chi connectivity index (χ4v) is 2.79. The molecule has 2 amide bonds. The minimum Gasteiger partial charge on any atom is -0.326 e. The number of hydrogen-bond donors (Lipinski definition) is 2. The second-order valence-electron chi connectivity index (χ2n) is 6.34. The number of halogens is 2. The van der Waals surface area contributed by atoms with E-state index in [1.807, 2.05) is 32.0 Å². The SMILES string of the molecule is Cc1ccc(NC(=O)C2CC2C(=O)Nc2c(F)cccc2F)c(C)c1. The summed E-state index contributed by atoms with van der Waals surface area (Å²) in [5.74, 6) is -3.57. The highest BCUT2D eigenvalue weighted by Gasteiger charge is 2.48. The molecule has 2 aromatic carbocycles. The summed E-state index contributed by atoms with van der Waals surface area (Å²) < 4.78 is 27.2. The van der Waals surface area contributed by atoms with Crippen molar-refractivity contribution in [1.29, 1.82) is 0 Å². The normalized spacial score (nSPS) is 18.6. The van der Waals surface area contributed by atoms with Crippen LogP contribution in [0, 0.1) is 37.3 Å². The van der Waals surface area contributed by atoms with Crippen LogP contribution < -0.4 is 10.6 Å². The standard InChI is InChI=1S/C19H18F2N2O2/c1-10-6-7-16(11(2)8-10)22-18(24)12-9-13(12)19(25)23-17-14(20)4-3-5-15(17)21/h3-8,12-13H,9H2,1-2H3,(H,22,24)(H,23,25). The highest BCUT2D eigenvalue weighted by atomic mass is 19.1. The van der Waals surface area contributed by atoms with Crippen LogP contribution in [0.2, 0.25) is 0 Å². The molecule has 25 heavy (non-hydrogen) atoms. The molecule has 1 fully saturated rings. The molecule has 4 nitrogen and oxygen atoms in total. The third-order valence-electron chi connectivity index (χ3n) is 4.31. The van der Waals surface area contributed by atoms with Gasteiger partial charge in [-0.05, 0) is 44.0 Å². The zero-order chi connectivity index (χ0) is 18.1. The van der Waals surface area contributed by atoms with Gasteiger partial charge in [-0.3, -0.25) is 9.59 Å². The molecule has 0 heterocycles. The summed E-state index contributed by atoms with van der Waals surface area (Å²) in [6.45, 7) is 3.85. The summed E-state index contributed by atoms with van der Waals surface area (Å²) in [6, 6.07) is 9.01. The summed E-state index contributed by atoms with van der Waals surface area (Å²) in [5, 5.41) is 5.04. The van der Waals surface area contributed by atoms with E-state index in [1.54, 1.807) is 0 Å². The molecule has 2 N–H and O–H groups in total. The summed E-state index contributed by atoms with van der Waals surface area (Å²) in [6.07, 6.45) is 0.360. The molecule has 2 aromatic rings. The summed E-state index contributed by atoms with van der Waals surface area (Å²) in [5.41, 5.74) is 2.24. The van der Waals surface area contributed by atoms with Crippen molar-refractivity contribution in [2.45, 2.75) is 20.3 Å². The van der Waals surface area contributed by atoms with E-state index in [-0.39, 0.29) is 5.91 Å². The number of aryl methyl sites for hydroxylation is 2. The zero-order valence-corrected chi connectivity index (χ0v) is 13.9. The lowest BCUT2D eigenvalue weighted by Crippen LogP contribution is -2.21. The zero-order valence-electron chi connectivity index (χ0n) is 13.9. The van der Waals surface area contributed by atoms with Gasteiger partial charge in [-0.2, -0.15) is 0 Å². The fourth-order valence-electron chi connectivity index (χ4n) is 2.79. The van der Waals surface area contributed by atoms with Crippen molar-refractivity contribution in [3.05, 3.63) is 59.2 Å². The highest BCUT2D eigenvalue weighted by molar-refractivity contribution is 6.03. The van der Waals surface area contributed by atoms with Gasteiger partial charge >= 0.3 is 0 Å². The monoisotopic (exact) mass is 344 g/mol. The first-order chi connectivity index (χ1) is 11.9. The Labute approximate surface area is 144 Å². The molecule has 0 bridgehead atoms. The lowest BCUT2D eigenvalue weighted by atomic mass is 10.1. The Balaban J connectivity index is 1.62. The Hall–Kier alpha value is -2.76. The van der Waals surface area contributed by atoms with Crippen LogP contribution in [-0.2, 0) is 9.59 Å². The van der Waals surface area contributed by atoms with Crippen LogP contribution in [0.3, 0.4) is 0 Å². The first-order valence-electron chi connectivity index (χ1n) is 8.00. The number of para-hydroxylation sites is 1. The molecular formula is C19H18F2N2O2. The fraction of sp³-hybridized carbons (Fsp3) is 0.263. The van der Waals surface area contributed by atoms with Crippen LogP contribution in [0.25, 0.3) is 0 Å². The lowest BCUT2D eigenvalue weighted by molar-refractivity contribution is -0.122. The maximum absolute atomic E-state index is 13.6. The molecule has 0 saturated heterocycles. The van der Waals surface area contributed by atoms with Crippen molar-refractivity contribution < 1.29 is 18.4 Å². The molecule has 1 saturated carbocycles. The topological polar surface area (TPSA) is 58.2 Å². The predicted molar refractivity (Wildman–Crippen MR) is 91.1 cm³/mol. The Morgan fingerprint density at radius 2 is 1.56 bits per heavy atom. The first kappa shape index (κ1) is 17.1. The largest absolute Gasteiger partial charge is 0.326 e. The van der Waals surface area contributed by atoms with E-state index in [9.17, 15) is 18.4 Å². The van der Waals surface area contributed by atoms with Crippen molar-refractivity contribution in [2.75, 3.05) is 10.6 Å². The second-order valence-corrected chi connectivity index (χ2v) is 6.34. The van der Waals surface area contributed by atoms with E-state index in [0.717, 1.165) is 23.3 Å². The summed E-state index contributed by atoms with van der Waals surface area (Å²) in [7, 11) is 0. The van der Waals surface area contributed by atoms with Gasteiger partial charge in [0.05, 0.1) is 11.8 Å². The van der Waals surface area contributed by atoms with Crippen LogP contribution >= 0.6 is 0 Å². The molecule has 0 radical (unpaired) electrons. The molecule has 1 aliphatic carbocycles. The van der Waals surface area contributed by atoms with Crippen LogP contribution in [0.1, 0.15) is 17.5 Å². The van der Waals surface area contributed by atoms with Gasteiger partial charge in [0.15, 0.2) is 0 Å². The average Bonchev–Trinajstić information content (AvgIpc) is 3.34. The molecule has 0 spiro atoms. The van der Waals surface area contributed by atoms with Gasteiger partial charge in [0, 0.05) is 5.69 Å². The minimum absolute atomic E-state index is 0.263.